The number of aliphatic hydroxyl groups excluding tert-OH is 1. The minimum Gasteiger partial charge on any atom is -0.465 e. The van der Waals surface area contributed by atoms with Gasteiger partial charge in [-0.3, -0.25) is 9.78 Å². The number of benzene rings is 4. The highest BCUT2D eigenvalue weighted by Gasteiger charge is 2.32. The number of rotatable bonds is 8. The molecule has 7 nitrogen and oxygen atoms in total. The number of hydrogen-bond donors (Lipinski definition) is 3. The van der Waals surface area contributed by atoms with Crippen molar-refractivity contribution in [3.05, 3.63) is 137 Å². The summed E-state index contributed by atoms with van der Waals surface area (Å²) in [5.74, 6) is -1.03. The Bertz CT molecular complexity index is 1720. The fraction of sp³-hybridized carbons (Fsp3) is 0.147. The van der Waals surface area contributed by atoms with Gasteiger partial charge in [0.15, 0.2) is 0 Å². The van der Waals surface area contributed by atoms with E-state index in [0.717, 1.165) is 44.2 Å². The number of carbonyl (C=O) groups is 2. The third kappa shape index (κ3) is 4.92. The van der Waals surface area contributed by atoms with Gasteiger partial charge in [-0.15, -0.1) is 0 Å². The average molecular weight is 544 g/mol. The number of primary amides is 1. The van der Waals surface area contributed by atoms with Gasteiger partial charge in [0.1, 0.15) is 0 Å². The number of nitrogens with zero attached hydrogens (tertiary/aromatic N) is 2. The molecule has 2 amide bonds. The van der Waals surface area contributed by atoms with E-state index in [1.54, 1.807) is 18.3 Å². The van der Waals surface area contributed by atoms with E-state index in [9.17, 15) is 19.8 Å². The quantitative estimate of drug-likeness (QED) is 0.230. The summed E-state index contributed by atoms with van der Waals surface area (Å²) in [4.78, 5) is 30.8. The van der Waals surface area contributed by atoms with Crippen LogP contribution >= 0.6 is 0 Å². The predicted octanol–water partition coefficient (Wildman–Crippen LogP) is 5.75. The van der Waals surface area contributed by atoms with E-state index in [1.165, 1.54) is 4.90 Å². The van der Waals surface area contributed by atoms with E-state index in [4.69, 9.17) is 10.7 Å². The highest BCUT2D eigenvalue weighted by Crippen LogP contribution is 2.45. The van der Waals surface area contributed by atoms with Crippen molar-refractivity contribution in [3.8, 4) is 11.1 Å². The van der Waals surface area contributed by atoms with Crippen molar-refractivity contribution in [1.82, 2.24) is 9.88 Å². The Hall–Kier alpha value is -5.01. The van der Waals surface area contributed by atoms with Gasteiger partial charge < -0.3 is 20.8 Å². The van der Waals surface area contributed by atoms with Crippen LogP contribution in [0.5, 0.6) is 0 Å². The minimum absolute atomic E-state index is 0.0882. The van der Waals surface area contributed by atoms with Gasteiger partial charge in [-0.05, 0) is 57.0 Å². The maximum Gasteiger partial charge on any atom is 0.407 e. The second-order valence-electron chi connectivity index (χ2n) is 10.4. The van der Waals surface area contributed by atoms with Gasteiger partial charge in [0, 0.05) is 42.1 Å². The Balaban J connectivity index is 1.42. The number of pyridine rings is 1. The van der Waals surface area contributed by atoms with E-state index in [2.05, 4.69) is 24.3 Å². The molecular weight excluding hydrogens is 514 g/mol. The number of nitrogens with two attached hydrogens (primary N) is 1. The fourth-order valence-electron chi connectivity index (χ4n) is 5.97. The molecule has 1 aromatic heterocycles. The fourth-order valence-corrected chi connectivity index (χ4v) is 5.97. The normalized spacial score (nSPS) is 13.0. The van der Waals surface area contributed by atoms with Gasteiger partial charge in [-0.1, -0.05) is 78.9 Å². The highest BCUT2D eigenvalue weighted by molar-refractivity contribution is 5.98. The van der Waals surface area contributed by atoms with Crippen molar-refractivity contribution in [1.29, 1.82) is 0 Å². The van der Waals surface area contributed by atoms with Crippen molar-refractivity contribution < 1.29 is 19.8 Å². The van der Waals surface area contributed by atoms with Crippen LogP contribution in [0, 0.1) is 0 Å². The van der Waals surface area contributed by atoms with E-state index in [-0.39, 0.29) is 25.6 Å². The maximum absolute atomic E-state index is 12.8. The second-order valence-corrected chi connectivity index (χ2v) is 10.4. The molecule has 5 aromatic rings. The van der Waals surface area contributed by atoms with Crippen molar-refractivity contribution in [2.24, 2.45) is 5.73 Å². The van der Waals surface area contributed by atoms with Crippen LogP contribution in [0.1, 0.15) is 50.1 Å². The van der Waals surface area contributed by atoms with Gasteiger partial charge in [-0.25, -0.2) is 4.79 Å². The number of carboxylic acid groups (broad SMARTS) is 1. The smallest absolute Gasteiger partial charge is 0.407 e. The van der Waals surface area contributed by atoms with Crippen LogP contribution in [-0.2, 0) is 6.61 Å². The molecule has 0 saturated carbocycles. The zero-order valence-electron chi connectivity index (χ0n) is 22.3. The molecule has 0 unspecified atom stereocenters. The number of fused-ring (bicyclic) bond motifs is 4. The number of amides is 2. The van der Waals surface area contributed by atoms with Crippen molar-refractivity contribution in [3.63, 3.8) is 0 Å². The van der Waals surface area contributed by atoms with Crippen LogP contribution in [0.4, 0.5) is 4.79 Å². The third-order valence-corrected chi connectivity index (χ3v) is 8.01. The first kappa shape index (κ1) is 26.2. The summed E-state index contributed by atoms with van der Waals surface area (Å²) in [7, 11) is 0. The molecule has 0 radical (unpaired) electrons. The molecule has 1 aliphatic carbocycles. The van der Waals surface area contributed by atoms with Crippen LogP contribution in [0.25, 0.3) is 21.9 Å². The predicted molar refractivity (Wildman–Crippen MR) is 158 cm³/mol. The van der Waals surface area contributed by atoms with Crippen LogP contribution < -0.4 is 5.73 Å². The first-order valence-corrected chi connectivity index (χ1v) is 13.5. The molecule has 4 N–H and O–H groups in total. The molecule has 41 heavy (non-hydrogen) atoms. The van der Waals surface area contributed by atoms with Crippen LogP contribution in [0.3, 0.4) is 0 Å². The standard InChI is InChI=1S/C34H29N3O4/c35-33(39)24-13-14-25-23(17-24)15-16-36-32(25)30(22-11-9-21(20-38)10-12-22)18-37(34(40)41)19-31-28-7-3-1-5-26(28)27-6-2-4-8-29(27)31/h1-17,30-31,38H,18-20H2,(H2,35,39)(H,40,41)/t30-/m1/s1. The number of carbonyl (C=O) groups excluding carboxylic acids is 1. The molecular formula is C34H29N3O4. The Morgan fingerprint density at radius 2 is 1.54 bits per heavy atom. The Morgan fingerprint density at radius 1 is 0.878 bits per heavy atom. The summed E-state index contributed by atoms with van der Waals surface area (Å²) in [5.41, 5.74) is 12.8. The molecule has 7 heteroatoms. The number of hydrogen-bond acceptors (Lipinski definition) is 4. The first-order chi connectivity index (χ1) is 19.9. The summed E-state index contributed by atoms with van der Waals surface area (Å²) in [6.45, 7) is 0.360. The van der Waals surface area contributed by atoms with Gasteiger partial charge in [0.25, 0.3) is 0 Å². The lowest BCUT2D eigenvalue weighted by molar-refractivity contribution is 0.1000. The van der Waals surface area contributed by atoms with Crippen molar-refractivity contribution in [2.45, 2.75) is 18.4 Å². The lowest BCUT2D eigenvalue weighted by Crippen LogP contribution is -2.37. The van der Waals surface area contributed by atoms with Crippen LogP contribution in [-0.4, -0.2) is 45.2 Å². The van der Waals surface area contributed by atoms with Gasteiger partial charge in [0.05, 0.1) is 12.3 Å². The maximum atomic E-state index is 12.8. The van der Waals surface area contributed by atoms with Gasteiger partial charge in [-0.2, -0.15) is 0 Å². The topological polar surface area (TPSA) is 117 Å². The van der Waals surface area contributed by atoms with Crippen molar-refractivity contribution >= 4 is 22.8 Å². The monoisotopic (exact) mass is 543 g/mol. The van der Waals surface area contributed by atoms with Gasteiger partial charge in [0.2, 0.25) is 5.91 Å². The minimum atomic E-state index is -1.01. The van der Waals surface area contributed by atoms with E-state index < -0.39 is 17.9 Å². The van der Waals surface area contributed by atoms with Crippen LogP contribution in [0.2, 0.25) is 0 Å². The molecule has 0 aliphatic heterocycles. The average Bonchev–Trinajstić information content (AvgIpc) is 3.32. The molecule has 0 fully saturated rings. The zero-order chi connectivity index (χ0) is 28.5. The molecule has 1 heterocycles. The highest BCUT2D eigenvalue weighted by atomic mass is 16.4. The van der Waals surface area contributed by atoms with E-state index in [0.29, 0.717) is 11.3 Å². The Kier molecular flexibility index (Phi) is 6.95. The third-order valence-electron chi connectivity index (χ3n) is 8.01. The summed E-state index contributed by atoms with van der Waals surface area (Å²) in [6.07, 6.45) is 0.659. The summed E-state index contributed by atoms with van der Waals surface area (Å²) >= 11 is 0. The lowest BCUT2D eigenvalue weighted by atomic mass is 9.89. The molecule has 0 bridgehead atoms. The Morgan fingerprint density at radius 3 is 2.15 bits per heavy atom. The van der Waals surface area contributed by atoms with E-state index >= 15 is 0 Å². The van der Waals surface area contributed by atoms with Gasteiger partial charge >= 0.3 is 6.09 Å². The Labute approximate surface area is 237 Å². The molecule has 0 spiro atoms. The summed E-state index contributed by atoms with van der Waals surface area (Å²) in [6, 6.07) is 30.9. The molecule has 1 aliphatic rings. The summed E-state index contributed by atoms with van der Waals surface area (Å²) in [5, 5.41) is 21.7. The number of aliphatic hydroxyl groups is 1. The van der Waals surface area contributed by atoms with Crippen LogP contribution in [0.15, 0.2) is 103 Å². The number of aromatic nitrogens is 1. The lowest BCUT2D eigenvalue weighted by Gasteiger charge is -2.29. The second kappa shape index (κ2) is 10.9. The molecule has 1 atom stereocenters. The SMILES string of the molecule is NC(=O)c1ccc2c([C@H](CN(CC3c4ccccc4-c4ccccc43)C(=O)O)c3ccc(CO)cc3)nccc2c1. The molecule has 6 rings (SSSR count). The summed E-state index contributed by atoms with van der Waals surface area (Å²) < 4.78 is 0. The molecule has 204 valence electrons. The van der Waals surface area contributed by atoms with E-state index in [1.807, 2.05) is 60.7 Å². The zero-order valence-corrected chi connectivity index (χ0v) is 22.3. The van der Waals surface area contributed by atoms with Crippen molar-refractivity contribution in [2.75, 3.05) is 13.1 Å². The molecule has 0 saturated heterocycles. The molecule has 4 aromatic carbocycles. The largest absolute Gasteiger partial charge is 0.465 e. The first-order valence-electron chi connectivity index (χ1n) is 13.5.